The number of anilines is 2. The van der Waals surface area contributed by atoms with E-state index in [4.69, 9.17) is 11.6 Å². The smallest absolute Gasteiger partial charge is 0.317 e. The molecule has 34 heavy (non-hydrogen) atoms. The minimum Gasteiger partial charge on any atom is -0.368 e. The number of amides is 4. The van der Waals surface area contributed by atoms with Gasteiger partial charge in [0.1, 0.15) is 0 Å². The molecule has 0 spiro atoms. The van der Waals surface area contributed by atoms with E-state index in [0.717, 1.165) is 37.8 Å². The Balaban J connectivity index is 1.59. The third kappa shape index (κ3) is 7.01. The van der Waals surface area contributed by atoms with Crippen LogP contribution >= 0.6 is 11.6 Å². The zero-order valence-electron chi connectivity index (χ0n) is 20.6. The molecule has 188 valence electrons. The van der Waals surface area contributed by atoms with Crippen molar-refractivity contribution in [1.29, 1.82) is 0 Å². The van der Waals surface area contributed by atoms with E-state index in [1.165, 1.54) is 0 Å². The number of benzene rings is 1. The number of carbonyl (C=O) groups excluding carboxylic acids is 3. The number of carbonyl (C=O) groups is 3. The zero-order chi connectivity index (χ0) is 24.7. The first-order valence-electron chi connectivity index (χ1n) is 12.5. The Morgan fingerprint density at radius 1 is 1.12 bits per heavy atom. The van der Waals surface area contributed by atoms with Gasteiger partial charge in [-0.3, -0.25) is 9.59 Å². The highest BCUT2D eigenvalue weighted by Crippen LogP contribution is 2.29. The number of urea groups is 1. The van der Waals surface area contributed by atoms with Crippen LogP contribution in [0.1, 0.15) is 52.9 Å². The van der Waals surface area contributed by atoms with Gasteiger partial charge in [0.2, 0.25) is 11.8 Å². The SMILES string of the molecule is CCCN(CC(=O)Nc1cc(N2CCN(C(=O)NC(C)C)CC2)ccc1Cl)C(=O)C1CCCC1. The average molecular weight is 492 g/mol. The van der Waals surface area contributed by atoms with Crippen molar-refractivity contribution in [3.63, 3.8) is 0 Å². The third-order valence-electron chi connectivity index (χ3n) is 6.41. The van der Waals surface area contributed by atoms with Gasteiger partial charge in [0, 0.05) is 50.4 Å². The van der Waals surface area contributed by atoms with E-state index in [9.17, 15) is 14.4 Å². The minimum atomic E-state index is -0.242. The predicted octanol–water partition coefficient (Wildman–Crippen LogP) is 3.95. The largest absolute Gasteiger partial charge is 0.368 e. The number of nitrogens with one attached hydrogen (secondary N) is 2. The van der Waals surface area contributed by atoms with E-state index in [1.54, 1.807) is 11.0 Å². The van der Waals surface area contributed by atoms with Gasteiger partial charge in [-0.2, -0.15) is 0 Å². The van der Waals surface area contributed by atoms with E-state index in [0.29, 0.717) is 43.4 Å². The summed E-state index contributed by atoms with van der Waals surface area (Å²) in [6, 6.07) is 5.64. The number of nitrogens with zero attached hydrogens (tertiary/aromatic N) is 3. The van der Waals surface area contributed by atoms with E-state index < -0.39 is 0 Å². The molecule has 1 aromatic rings. The first kappa shape index (κ1) is 26.1. The number of hydrogen-bond acceptors (Lipinski definition) is 4. The fourth-order valence-electron chi connectivity index (χ4n) is 4.64. The molecule has 2 aliphatic rings. The topological polar surface area (TPSA) is 85.0 Å². The Hall–Kier alpha value is -2.48. The molecule has 3 rings (SSSR count). The molecule has 0 aromatic heterocycles. The molecular weight excluding hydrogens is 454 g/mol. The number of rotatable bonds is 8. The van der Waals surface area contributed by atoms with Gasteiger partial charge in [-0.1, -0.05) is 31.4 Å². The quantitative estimate of drug-likeness (QED) is 0.576. The Morgan fingerprint density at radius 3 is 2.41 bits per heavy atom. The number of piperazine rings is 1. The molecule has 1 aromatic carbocycles. The maximum absolute atomic E-state index is 12.9. The van der Waals surface area contributed by atoms with Crippen molar-refractivity contribution in [2.24, 2.45) is 5.92 Å². The van der Waals surface area contributed by atoms with Crippen LogP contribution in [0.4, 0.5) is 16.2 Å². The lowest BCUT2D eigenvalue weighted by molar-refractivity contribution is -0.138. The van der Waals surface area contributed by atoms with Gasteiger partial charge < -0.3 is 25.3 Å². The Morgan fingerprint density at radius 2 is 1.79 bits per heavy atom. The molecule has 1 saturated carbocycles. The first-order chi connectivity index (χ1) is 16.3. The monoisotopic (exact) mass is 491 g/mol. The maximum Gasteiger partial charge on any atom is 0.317 e. The van der Waals surface area contributed by atoms with Crippen molar-refractivity contribution in [3.8, 4) is 0 Å². The Kier molecular flexibility index (Phi) is 9.45. The van der Waals surface area contributed by atoms with Crippen molar-refractivity contribution in [2.45, 2.75) is 58.9 Å². The van der Waals surface area contributed by atoms with Crippen LogP contribution < -0.4 is 15.5 Å². The third-order valence-corrected chi connectivity index (χ3v) is 6.74. The second-order valence-corrected chi connectivity index (χ2v) is 9.94. The van der Waals surface area contributed by atoms with Crippen LogP contribution in [0.15, 0.2) is 18.2 Å². The Bertz CT molecular complexity index is 864. The molecule has 1 aliphatic heterocycles. The van der Waals surface area contributed by atoms with Crippen molar-refractivity contribution in [1.82, 2.24) is 15.1 Å². The van der Waals surface area contributed by atoms with E-state index in [-0.39, 0.29) is 36.3 Å². The van der Waals surface area contributed by atoms with Crippen LogP contribution in [0.5, 0.6) is 0 Å². The molecule has 0 atom stereocenters. The fourth-order valence-corrected chi connectivity index (χ4v) is 4.81. The Labute approximate surface area is 208 Å². The lowest BCUT2D eigenvalue weighted by Crippen LogP contribution is -2.52. The maximum atomic E-state index is 12.9. The highest BCUT2D eigenvalue weighted by atomic mass is 35.5. The van der Waals surface area contributed by atoms with Gasteiger partial charge in [-0.25, -0.2) is 4.79 Å². The fraction of sp³-hybridized carbons (Fsp3) is 0.640. The second-order valence-electron chi connectivity index (χ2n) is 9.53. The average Bonchev–Trinajstić information content (AvgIpc) is 3.34. The molecule has 8 nitrogen and oxygen atoms in total. The molecule has 2 fully saturated rings. The molecule has 2 N–H and O–H groups in total. The van der Waals surface area contributed by atoms with Gasteiger partial charge in [0.15, 0.2) is 0 Å². The van der Waals surface area contributed by atoms with E-state index >= 15 is 0 Å². The lowest BCUT2D eigenvalue weighted by Gasteiger charge is -2.36. The molecular formula is C25H38ClN5O3. The molecule has 0 radical (unpaired) electrons. The number of halogens is 1. The van der Waals surface area contributed by atoms with Gasteiger partial charge in [-0.05, 0) is 51.3 Å². The van der Waals surface area contributed by atoms with Crippen LogP contribution in [0.25, 0.3) is 0 Å². The highest BCUT2D eigenvalue weighted by molar-refractivity contribution is 6.33. The molecule has 1 aliphatic carbocycles. The molecule has 0 bridgehead atoms. The summed E-state index contributed by atoms with van der Waals surface area (Å²) in [5.74, 6) is -0.102. The summed E-state index contributed by atoms with van der Waals surface area (Å²) in [6.07, 6.45) is 4.81. The molecule has 4 amide bonds. The zero-order valence-corrected chi connectivity index (χ0v) is 21.4. The standard InChI is InChI=1S/C25H38ClN5O3/c1-4-11-31(24(33)19-7-5-6-8-19)17-23(32)28-22-16-20(9-10-21(22)26)29-12-14-30(15-13-29)25(34)27-18(2)3/h9-10,16,18-19H,4-8,11-15,17H2,1-3H3,(H,27,34)(H,28,32). The minimum absolute atomic E-state index is 0.0351. The van der Waals surface area contributed by atoms with Gasteiger partial charge in [0.05, 0.1) is 17.3 Å². The summed E-state index contributed by atoms with van der Waals surface area (Å²) < 4.78 is 0. The van der Waals surface area contributed by atoms with Gasteiger partial charge in [0.25, 0.3) is 0 Å². The lowest BCUT2D eigenvalue weighted by atomic mass is 10.1. The van der Waals surface area contributed by atoms with Crippen molar-refractivity contribution in [2.75, 3.05) is 49.5 Å². The number of hydrogen-bond donors (Lipinski definition) is 2. The van der Waals surface area contributed by atoms with Crippen LogP contribution in [0.2, 0.25) is 5.02 Å². The summed E-state index contributed by atoms with van der Waals surface area (Å²) in [4.78, 5) is 43.6. The summed E-state index contributed by atoms with van der Waals surface area (Å²) >= 11 is 6.38. The summed E-state index contributed by atoms with van der Waals surface area (Å²) in [7, 11) is 0. The predicted molar refractivity (Wildman–Crippen MR) is 136 cm³/mol. The molecule has 0 unspecified atom stereocenters. The van der Waals surface area contributed by atoms with Crippen molar-refractivity contribution >= 4 is 40.8 Å². The van der Waals surface area contributed by atoms with Crippen molar-refractivity contribution in [3.05, 3.63) is 23.2 Å². The molecule has 1 heterocycles. The first-order valence-corrected chi connectivity index (χ1v) is 12.8. The van der Waals surface area contributed by atoms with Crippen LogP contribution in [0, 0.1) is 5.92 Å². The van der Waals surface area contributed by atoms with E-state index in [2.05, 4.69) is 15.5 Å². The van der Waals surface area contributed by atoms with Crippen LogP contribution in [0.3, 0.4) is 0 Å². The summed E-state index contributed by atoms with van der Waals surface area (Å²) in [6.45, 7) is 9.16. The normalized spacial score (nSPS) is 16.6. The summed E-state index contributed by atoms with van der Waals surface area (Å²) in [5.41, 5.74) is 1.48. The van der Waals surface area contributed by atoms with Crippen molar-refractivity contribution < 1.29 is 14.4 Å². The van der Waals surface area contributed by atoms with Crippen LogP contribution in [-0.2, 0) is 9.59 Å². The molecule has 9 heteroatoms. The molecule has 1 saturated heterocycles. The second kappa shape index (κ2) is 12.3. The van der Waals surface area contributed by atoms with Crippen LogP contribution in [-0.4, -0.2) is 73.0 Å². The van der Waals surface area contributed by atoms with Gasteiger partial charge in [-0.15, -0.1) is 0 Å². The highest BCUT2D eigenvalue weighted by Gasteiger charge is 2.28. The van der Waals surface area contributed by atoms with Gasteiger partial charge >= 0.3 is 6.03 Å². The van der Waals surface area contributed by atoms with E-state index in [1.807, 2.05) is 37.8 Å². The summed E-state index contributed by atoms with van der Waals surface area (Å²) in [5, 5.41) is 6.29.